The standard InChI is InChI=1S/C23H29.2C12H8Cl.C5H5.CH2.2ClH.Zr/c1-14-9-16-11-17-10-15(2)21(23(6,7)8)13-19(17)18(16)12-20(14)22(3,4)5;2*13-12-8-6-11(7-9-12)10-4-2-1-3-5-10;1-2-4-5-3-1;;;;/h9,12-13H,11H2,1-8H3;2*2-9H;1-3H,4H2;1H2;2*1H;. The molecule has 0 unspecified atom stereocenters. The molecule has 0 nitrogen and oxygen atoms in total. The van der Waals surface area contributed by atoms with Gasteiger partial charge in [-0.1, -0.05) is 0 Å². The molecule has 0 bridgehead atoms. The number of fused-ring (bicyclic) bond motifs is 3. The van der Waals surface area contributed by atoms with Gasteiger partial charge < -0.3 is 0 Å². The van der Waals surface area contributed by atoms with Crippen LogP contribution in [0.5, 0.6) is 0 Å². The van der Waals surface area contributed by atoms with Gasteiger partial charge in [0.2, 0.25) is 0 Å². The molecule has 0 atom stereocenters. The first kappa shape index (κ1) is 44.3. The van der Waals surface area contributed by atoms with Crippen molar-refractivity contribution >= 4 is 62.0 Å². The SMILES string of the molecule is Cl.Cl.[CH2]=[Zr]([C]1=CC=CC1)([c]1ccc(-c2ccc(Cl)cc2)cc1)([c]1ccc(-c2ccc(Cl)cc2)cc1)[c]1c(C)c(C(C)(C)C)cc2c1Cc1cc(C)c(C(C)(C)C)cc1-2. The van der Waals surface area contributed by atoms with E-state index >= 15 is 0 Å². The van der Waals surface area contributed by atoms with Gasteiger partial charge in [-0.05, 0) is 0 Å². The molecule has 6 aromatic carbocycles. The summed E-state index contributed by atoms with van der Waals surface area (Å²) in [5.74, 6) is 0. The molecule has 0 saturated heterocycles. The van der Waals surface area contributed by atoms with Gasteiger partial charge in [-0.25, -0.2) is 0 Å². The van der Waals surface area contributed by atoms with Gasteiger partial charge in [0.1, 0.15) is 0 Å². The average Bonchev–Trinajstić information content (AvgIpc) is 3.83. The summed E-state index contributed by atoms with van der Waals surface area (Å²) < 4.78 is 11.6. The van der Waals surface area contributed by atoms with Crippen LogP contribution in [0.25, 0.3) is 33.4 Å². The second kappa shape index (κ2) is 16.0. The molecule has 0 saturated carbocycles. The molecular formula is C53H54Cl4Zr. The maximum absolute atomic E-state index is 6.33. The van der Waals surface area contributed by atoms with Crippen LogP contribution in [0.2, 0.25) is 10.0 Å². The Morgan fingerprint density at radius 3 is 1.41 bits per heavy atom. The maximum atomic E-state index is 6.33. The predicted molar refractivity (Wildman–Crippen MR) is 258 cm³/mol. The number of benzene rings is 6. The first-order valence-corrected chi connectivity index (χ1v) is 27.3. The molecule has 0 radical (unpaired) electrons. The molecule has 8 rings (SSSR count). The molecule has 0 spiro atoms. The van der Waals surface area contributed by atoms with Crippen molar-refractivity contribution in [2.45, 2.75) is 79.1 Å². The molecular weight excluding hydrogens is 870 g/mol. The number of hydrogen-bond acceptors (Lipinski definition) is 0. The van der Waals surface area contributed by atoms with Gasteiger partial charge in [0.05, 0.1) is 0 Å². The van der Waals surface area contributed by atoms with E-state index in [1.807, 2.05) is 24.3 Å². The van der Waals surface area contributed by atoms with Crippen molar-refractivity contribution in [3.05, 3.63) is 180 Å². The van der Waals surface area contributed by atoms with Gasteiger partial charge >= 0.3 is 348 Å². The normalized spacial score (nSPS) is 13.7. The Labute approximate surface area is 369 Å². The van der Waals surface area contributed by atoms with Crippen LogP contribution in [-0.4, -0.2) is 4.21 Å². The van der Waals surface area contributed by atoms with Crippen molar-refractivity contribution < 1.29 is 18.3 Å². The quantitative estimate of drug-likeness (QED) is 0.156. The molecule has 5 heteroatoms. The summed E-state index contributed by atoms with van der Waals surface area (Å²) in [7, 11) is 0. The summed E-state index contributed by atoms with van der Waals surface area (Å²) in [5.41, 5.74) is 15.9. The third kappa shape index (κ3) is 7.22. The zero-order valence-electron chi connectivity index (χ0n) is 34.9. The van der Waals surface area contributed by atoms with Crippen molar-refractivity contribution in [3.63, 3.8) is 0 Å². The number of hydrogen-bond donors (Lipinski definition) is 0. The molecule has 6 aromatic rings. The van der Waals surface area contributed by atoms with Gasteiger partial charge in [0.15, 0.2) is 0 Å². The second-order valence-corrected chi connectivity index (χ2v) is 32.1. The van der Waals surface area contributed by atoms with E-state index in [2.05, 4.69) is 165 Å². The van der Waals surface area contributed by atoms with Crippen LogP contribution < -0.4 is 9.81 Å². The van der Waals surface area contributed by atoms with E-state index in [0.29, 0.717) is 0 Å². The van der Waals surface area contributed by atoms with Crippen LogP contribution in [0.1, 0.15) is 81.3 Å². The minimum absolute atomic E-state index is 0. The Bertz CT molecular complexity index is 2550. The van der Waals surface area contributed by atoms with Gasteiger partial charge in [-0.2, -0.15) is 0 Å². The van der Waals surface area contributed by atoms with E-state index in [1.165, 1.54) is 68.7 Å². The van der Waals surface area contributed by atoms with Crippen LogP contribution >= 0.6 is 48.0 Å². The third-order valence-corrected chi connectivity index (χ3v) is 30.0. The van der Waals surface area contributed by atoms with Crippen molar-refractivity contribution in [1.82, 2.24) is 0 Å². The molecule has 58 heavy (non-hydrogen) atoms. The monoisotopic (exact) mass is 920 g/mol. The van der Waals surface area contributed by atoms with Crippen LogP contribution in [0.4, 0.5) is 0 Å². The minimum atomic E-state index is -5.14. The summed E-state index contributed by atoms with van der Waals surface area (Å²) in [6.07, 6.45) is 8.84. The van der Waals surface area contributed by atoms with Crippen LogP contribution in [0, 0.1) is 13.8 Å². The Balaban J connectivity index is 0.00000283. The summed E-state index contributed by atoms with van der Waals surface area (Å²) in [4.78, 5) is 0. The van der Waals surface area contributed by atoms with E-state index in [1.54, 1.807) is 0 Å². The molecule has 0 amide bonds. The van der Waals surface area contributed by atoms with Gasteiger partial charge in [0, 0.05) is 0 Å². The second-order valence-electron chi connectivity index (χ2n) is 18.4. The third-order valence-electron chi connectivity index (χ3n) is 12.8. The van der Waals surface area contributed by atoms with Gasteiger partial charge in [-0.15, -0.1) is 24.8 Å². The average molecular weight is 924 g/mol. The molecule has 0 fully saturated rings. The molecule has 298 valence electrons. The fourth-order valence-corrected chi connectivity index (χ4v) is 26.8. The fourth-order valence-electron chi connectivity index (χ4n) is 10.1. The van der Waals surface area contributed by atoms with E-state index in [9.17, 15) is 0 Å². The molecule has 0 aromatic heterocycles. The Morgan fingerprint density at radius 1 is 0.569 bits per heavy atom. The predicted octanol–water partition coefficient (Wildman–Crippen LogP) is 14.2. The first-order chi connectivity index (χ1) is 26.5. The fraction of sp³-hybridized carbons (Fsp3) is 0.226. The Morgan fingerprint density at radius 2 is 1.00 bits per heavy atom. The molecule has 2 aliphatic rings. The number of allylic oxidation sites excluding steroid dienone is 4. The topological polar surface area (TPSA) is 0 Å². The van der Waals surface area contributed by atoms with Crippen molar-refractivity contribution in [2.24, 2.45) is 0 Å². The van der Waals surface area contributed by atoms with E-state index in [-0.39, 0.29) is 35.6 Å². The summed E-state index contributed by atoms with van der Waals surface area (Å²) >= 11 is 7.52. The van der Waals surface area contributed by atoms with Gasteiger partial charge in [0.25, 0.3) is 0 Å². The Kier molecular flexibility index (Phi) is 12.2. The van der Waals surface area contributed by atoms with Gasteiger partial charge in [-0.3, -0.25) is 0 Å². The molecule has 0 N–H and O–H groups in total. The Hall–Kier alpha value is -3.29. The summed E-state index contributed by atoms with van der Waals surface area (Å²) in [6.45, 7) is 18.9. The van der Waals surface area contributed by atoms with E-state index < -0.39 is 18.3 Å². The van der Waals surface area contributed by atoms with Crippen LogP contribution in [0.3, 0.4) is 0 Å². The number of aryl methyl sites for hydroxylation is 1. The van der Waals surface area contributed by atoms with Crippen molar-refractivity contribution in [1.29, 1.82) is 0 Å². The zero-order valence-corrected chi connectivity index (χ0v) is 40.5. The van der Waals surface area contributed by atoms with Crippen LogP contribution in [-0.2, 0) is 35.5 Å². The zero-order chi connectivity index (χ0) is 39.8. The number of rotatable bonds is 6. The summed E-state index contributed by atoms with van der Waals surface area (Å²) in [5, 5.41) is 1.49. The van der Waals surface area contributed by atoms with E-state index in [4.69, 9.17) is 27.4 Å². The molecule has 0 aliphatic heterocycles. The summed E-state index contributed by atoms with van der Waals surface area (Å²) in [6, 6.07) is 42.9. The number of halogens is 4. The first-order valence-electron chi connectivity index (χ1n) is 19.9. The molecule has 0 heterocycles. The van der Waals surface area contributed by atoms with E-state index in [0.717, 1.165) is 34.0 Å². The van der Waals surface area contributed by atoms with Crippen LogP contribution in [0.15, 0.2) is 137 Å². The van der Waals surface area contributed by atoms with Crippen molar-refractivity contribution in [3.8, 4) is 33.4 Å². The van der Waals surface area contributed by atoms with Crippen molar-refractivity contribution in [2.75, 3.05) is 0 Å². The molecule has 2 aliphatic carbocycles.